The van der Waals surface area contributed by atoms with Gasteiger partial charge in [-0.25, -0.2) is 0 Å². The molecule has 6 heteroatoms. The highest BCUT2D eigenvalue weighted by molar-refractivity contribution is 7.80. The van der Waals surface area contributed by atoms with E-state index in [4.69, 9.17) is 35.4 Å². The van der Waals surface area contributed by atoms with Crippen LogP contribution in [0.15, 0.2) is 42.5 Å². The molecule has 0 aromatic heterocycles. The third-order valence-corrected chi connectivity index (χ3v) is 3.68. The third kappa shape index (κ3) is 4.17. The Balaban J connectivity index is 2.05. The van der Waals surface area contributed by atoms with Crippen LogP contribution in [0, 0.1) is 6.92 Å². The summed E-state index contributed by atoms with van der Waals surface area (Å²) < 4.78 is 0. The molecule has 0 spiro atoms. The summed E-state index contributed by atoms with van der Waals surface area (Å²) in [5.41, 5.74) is 2.05. The van der Waals surface area contributed by atoms with E-state index in [2.05, 4.69) is 10.6 Å². The fraction of sp³-hybridized carbons (Fsp3) is 0.0667. The molecule has 0 aliphatic carbocycles. The number of amides is 1. The molecule has 1 amide bonds. The number of carbonyl (C=O) groups is 1. The average Bonchev–Trinajstić information content (AvgIpc) is 2.44. The van der Waals surface area contributed by atoms with Crippen molar-refractivity contribution in [3.8, 4) is 0 Å². The first kappa shape index (κ1) is 15.8. The van der Waals surface area contributed by atoms with Crippen LogP contribution >= 0.6 is 35.4 Å². The van der Waals surface area contributed by atoms with E-state index in [0.717, 1.165) is 11.3 Å². The molecule has 0 aliphatic heterocycles. The number of hydrogen-bond donors (Lipinski definition) is 2. The van der Waals surface area contributed by atoms with Gasteiger partial charge in [-0.3, -0.25) is 10.1 Å². The summed E-state index contributed by atoms with van der Waals surface area (Å²) in [6.45, 7) is 1.87. The van der Waals surface area contributed by atoms with E-state index < -0.39 is 0 Å². The van der Waals surface area contributed by atoms with Crippen LogP contribution in [-0.2, 0) is 0 Å². The topological polar surface area (TPSA) is 41.1 Å². The minimum Gasteiger partial charge on any atom is -0.332 e. The summed E-state index contributed by atoms with van der Waals surface area (Å²) in [6, 6.07) is 12.1. The fourth-order valence-corrected chi connectivity index (χ4v) is 2.27. The molecule has 0 bridgehead atoms. The first-order valence-corrected chi connectivity index (χ1v) is 7.27. The van der Waals surface area contributed by atoms with E-state index in [0.29, 0.717) is 15.6 Å². The first-order chi connectivity index (χ1) is 9.97. The van der Waals surface area contributed by atoms with Gasteiger partial charge in [0.1, 0.15) is 0 Å². The molecule has 2 aromatic carbocycles. The monoisotopic (exact) mass is 338 g/mol. The Hall–Kier alpha value is -1.62. The van der Waals surface area contributed by atoms with Crippen molar-refractivity contribution in [2.75, 3.05) is 5.32 Å². The second-order valence-electron chi connectivity index (χ2n) is 4.33. The van der Waals surface area contributed by atoms with Gasteiger partial charge in [-0.15, -0.1) is 0 Å². The molecule has 21 heavy (non-hydrogen) atoms. The second-order valence-corrected chi connectivity index (χ2v) is 5.58. The molecule has 3 nitrogen and oxygen atoms in total. The molecule has 0 unspecified atom stereocenters. The van der Waals surface area contributed by atoms with Gasteiger partial charge in [0, 0.05) is 21.3 Å². The minimum atomic E-state index is -0.324. The molecule has 0 atom stereocenters. The summed E-state index contributed by atoms with van der Waals surface area (Å²) in [6.07, 6.45) is 0. The van der Waals surface area contributed by atoms with Crippen molar-refractivity contribution in [1.82, 2.24) is 5.32 Å². The fourth-order valence-electron chi connectivity index (χ4n) is 1.70. The van der Waals surface area contributed by atoms with Gasteiger partial charge in [0.25, 0.3) is 5.91 Å². The van der Waals surface area contributed by atoms with E-state index in [9.17, 15) is 4.79 Å². The first-order valence-electron chi connectivity index (χ1n) is 6.10. The van der Waals surface area contributed by atoms with Gasteiger partial charge in [-0.2, -0.15) is 0 Å². The quantitative estimate of drug-likeness (QED) is 0.796. The summed E-state index contributed by atoms with van der Waals surface area (Å²) >= 11 is 17.0. The molecular weight excluding hydrogens is 327 g/mol. The molecule has 0 saturated carbocycles. The van der Waals surface area contributed by atoms with E-state index in [1.807, 2.05) is 13.0 Å². The van der Waals surface area contributed by atoms with Crippen LogP contribution in [0.3, 0.4) is 0 Å². The molecule has 0 saturated heterocycles. The number of carbonyl (C=O) groups excluding carboxylic acids is 1. The van der Waals surface area contributed by atoms with Crippen LogP contribution in [0.2, 0.25) is 10.0 Å². The predicted molar refractivity (Wildman–Crippen MR) is 91.3 cm³/mol. The van der Waals surface area contributed by atoms with Crippen LogP contribution < -0.4 is 10.6 Å². The predicted octanol–water partition coefficient (Wildman–Crippen LogP) is 4.43. The van der Waals surface area contributed by atoms with Gasteiger partial charge in [-0.05, 0) is 55.0 Å². The van der Waals surface area contributed by atoms with Crippen molar-refractivity contribution in [1.29, 1.82) is 0 Å². The van der Waals surface area contributed by atoms with Crippen LogP contribution in [0.25, 0.3) is 0 Å². The van der Waals surface area contributed by atoms with Crippen molar-refractivity contribution in [3.05, 3.63) is 63.6 Å². The molecule has 2 N–H and O–H groups in total. The highest BCUT2D eigenvalue weighted by Gasteiger charge is 2.09. The molecule has 0 fully saturated rings. The van der Waals surface area contributed by atoms with Crippen LogP contribution in [0.5, 0.6) is 0 Å². The number of benzene rings is 2. The third-order valence-electron chi connectivity index (χ3n) is 2.83. The second kappa shape index (κ2) is 6.89. The Morgan fingerprint density at radius 3 is 2.57 bits per heavy atom. The molecule has 0 aliphatic rings. The van der Waals surface area contributed by atoms with Gasteiger partial charge in [-0.1, -0.05) is 35.3 Å². The van der Waals surface area contributed by atoms with E-state index in [1.54, 1.807) is 36.4 Å². The van der Waals surface area contributed by atoms with Crippen LogP contribution in [-0.4, -0.2) is 11.0 Å². The van der Waals surface area contributed by atoms with Crippen LogP contribution in [0.1, 0.15) is 15.9 Å². The zero-order chi connectivity index (χ0) is 15.4. The molecule has 2 aromatic rings. The molecule has 0 radical (unpaired) electrons. The van der Waals surface area contributed by atoms with Crippen LogP contribution in [0.4, 0.5) is 5.69 Å². The molecule has 2 rings (SSSR count). The summed E-state index contributed by atoms with van der Waals surface area (Å²) in [5.74, 6) is -0.324. The van der Waals surface area contributed by atoms with Crippen molar-refractivity contribution >= 4 is 52.1 Å². The number of hydrogen-bond acceptors (Lipinski definition) is 2. The molecule has 0 heterocycles. The lowest BCUT2D eigenvalue weighted by molar-refractivity contribution is 0.0977. The lowest BCUT2D eigenvalue weighted by Gasteiger charge is -2.12. The Labute approximate surface area is 138 Å². The number of nitrogens with one attached hydrogen (secondary N) is 2. The summed E-state index contributed by atoms with van der Waals surface area (Å²) in [7, 11) is 0. The average molecular weight is 339 g/mol. The SMILES string of the molecule is Cc1c(Cl)cccc1NC(=S)NC(=O)c1cccc(Cl)c1. The highest BCUT2D eigenvalue weighted by atomic mass is 35.5. The Bertz CT molecular complexity index is 704. The van der Waals surface area contributed by atoms with Gasteiger partial charge < -0.3 is 5.32 Å². The zero-order valence-corrected chi connectivity index (χ0v) is 13.4. The maximum absolute atomic E-state index is 12.0. The lowest BCUT2D eigenvalue weighted by Crippen LogP contribution is -2.34. The van der Waals surface area contributed by atoms with Gasteiger partial charge >= 0.3 is 0 Å². The van der Waals surface area contributed by atoms with Crippen molar-refractivity contribution in [3.63, 3.8) is 0 Å². The Morgan fingerprint density at radius 1 is 1.14 bits per heavy atom. The van der Waals surface area contributed by atoms with Crippen molar-refractivity contribution in [2.24, 2.45) is 0 Å². The normalized spacial score (nSPS) is 10.0. The lowest BCUT2D eigenvalue weighted by atomic mass is 10.2. The number of thiocarbonyl (C=S) groups is 1. The molecule has 108 valence electrons. The van der Waals surface area contributed by atoms with Crippen molar-refractivity contribution in [2.45, 2.75) is 6.92 Å². The number of halogens is 2. The maximum Gasteiger partial charge on any atom is 0.257 e. The molecular formula is C15H12Cl2N2OS. The highest BCUT2D eigenvalue weighted by Crippen LogP contribution is 2.22. The summed E-state index contributed by atoms with van der Waals surface area (Å²) in [4.78, 5) is 12.0. The van der Waals surface area contributed by atoms with Gasteiger partial charge in [0.2, 0.25) is 0 Å². The minimum absolute atomic E-state index is 0.199. The maximum atomic E-state index is 12.0. The van der Waals surface area contributed by atoms with E-state index >= 15 is 0 Å². The Morgan fingerprint density at radius 2 is 1.86 bits per heavy atom. The summed E-state index contributed by atoms with van der Waals surface area (Å²) in [5, 5.41) is 6.87. The standard InChI is InChI=1S/C15H12Cl2N2OS/c1-9-12(17)6-3-7-13(9)18-15(21)19-14(20)10-4-2-5-11(16)8-10/h2-8H,1H3,(H2,18,19,20,21). The van der Waals surface area contributed by atoms with E-state index in [1.165, 1.54) is 0 Å². The smallest absolute Gasteiger partial charge is 0.257 e. The van der Waals surface area contributed by atoms with Gasteiger partial charge in [0.05, 0.1) is 0 Å². The number of rotatable bonds is 2. The zero-order valence-electron chi connectivity index (χ0n) is 11.1. The Kier molecular flexibility index (Phi) is 5.17. The van der Waals surface area contributed by atoms with Crippen molar-refractivity contribution < 1.29 is 4.79 Å². The number of anilines is 1. The largest absolute Gasteiger partial charge is 0.332 e. The van der Waals surface area contributed by atoms with E-state index in [-0.39, 0.29) is 11.0 Å². The van der Waals surface area contributed by atoms with Gasteiger partial charge in [0.15, 0.2) is 5.11 Å².